The van der Waals surface area contributed by atoms with E-state index >= 15 is 0 Å². The van der Waals surface area contributed by atoms with Gasteiger partial charge in [0.2, 0.25) is 5.91 Å². The van der Waals surface area contributed by atoms with Gasteiger partial charge in [0.05, 0.1) is 17.8 Å². The first-order chi connectivity index (χ1) is 17.1. The molecule has 0 saturated carbocycles. The van der Waals surface area contributed by atoms with E-state index in [4.69, 9.17) is 0 Å². The zero-order valence-corrected chi connectivity index (χ0v) is 20.0. The second kappa shape index (κ2) is 10.2. The number of para-hydroxylation sites is 1. The van der Waals surface area contributed by atoms with Crippen LogP contribution in [-0.2, 0) is 9.59 Å². The number of nitrogens with zero attached hydrogens (tertiary/aromatic N) is 2. The molecule has 2 N–H and O–H groups in total. The quantitative estimate of drug-likeness (QED) is 0.498. The zero-order chi connectivity index (χ0) is 24.2. The smallest absolute Gasteiger partial charge is 0.258 e. The Balaban J connectivity index is 1.39. The maximum Gasteiger partial charge on any atom is 0.258 e. The molecule has 0 radical (unpaired) electrons. The second-order valence-electron chi connectivity index (χ2n) is 9.08. The Labute approximate surface area is 206 Å². The Morgan fingerprint density at radius 1 is 0.914 bits per heavy atom. The molecule has 0 aliphatic carbocycles. The number of hydrogen-bond acceptors (Lipinski definition) is 4. The molecule has 0 aromatic heterocycles. The van der Waals surface area contributed by atoms with Crippen molar-refractivity contribution in [2.45, 2.75) is 19.3 Å². The Morgan fingerprint density at radius 3 is 2.34 bits per heavy atom. The highest BCUT2D eigenvalue weighted by atomic mass is 16.2. The molecule has 6 heteroatoms. The molecule has 0 bridgehead atoms. The lowest BCUT2D eigenvalue weighted by molar-refractivity contribution is -0.119. The van der Waals surface area contributed by atoms with Crippen LogP contribution < -0.4 is 15.5 Å². The zero-order valence-electron chi connectivity index (χ0n) is 20.0. The molecule has 5 rings (SSSR count). The number of nitrogens with one attached hydrogen (secondary N) is 2. The van der Waals surface area contributed by atoms with Gasteiger partial charge in [-0.15, -0.1) is 0 Å². The van der Waals surface area contributed by atoms with Crippen LogP contribution >= 0.6 is 0 Å². The summed E-state index contributed by atoms with van der Waals surface area (Å²) in [7, 11) is 1.83. The van der Waals surface area contributed by atoms with Crippen molar-refractivity contribution in [3.05, 3.63) is 90.0 Å². The number of piperidine rings is 1. The number of amides is 2. The van der Waals surface area contributed by atoms with Crippen LogP contribution in [0.3, 0.4) is 0 Å². The van der Waals surface area contributed by atoms with Gasteiger partial charge >= 0.3 is 0 Å². The molecule has 1 fully saturated rings. The minimum Gasteiger partial charge on any atom is -0.354 e. The van der Waals surface area contributed by atoms with Crippen LogP contribution in [0.15, 0.2) is 78.9 Å². The van der Waals surface area contributed by atoms with Gasteiger partial charge in [0.1, 0.15) is 0 Å². The predicted octanol–water partition coefficient (Wildman–Crippen LogP) is 5.07. The summed E-state index contributed by atoms with van der Waals surface area (Å²) in [5, 5.41) is 6.45. The lowest BCUT2D eigenvalue weighted by Gasteiger charge is -2.28. The van der Waals surface area contributed by atoms with Crippen molar-refractivity contribution in [3.63, 3.8) is 0 Å². The number of fused-ring (bicyclic) bond motifs is 1. The van der Waals surface area contributed by atoms with Crippen molar-refractivity contribution in [2.75, 3.05) is 42.2 Å². The van der Waals surface area contributed by atoms with Crippen LogP contribution in [-0.4, -0.2) is 43.4 Å². The molecule has 0 atom stereocenters. The average Bonchev–Trinajstić information content (AvgIpc) is 3.23. The summed E-state index contributed by atoms with van der Waals surface area (Å²) in [5.74, 6) is -0.0313. The molecule has 2 aliphatic heterocycles. The molecule has 3 aromatic carbocycles. The largest absolute Gasteiger partial charge is 0.354 e. The number of likely N-dealkylation sites (N-methyl/N-ethyl adjacent to an activating group) is 1. The summed E-state index contributed by atoms with van der Waals surface area (Å²) >= 11 is 0. The second-order valence-corrected chi connectivity index (χ2v) is 9.08. The van der Waals surface area contributed by atoms with Gasteiger partial charge in [-0.05, 0) is 61.8 Å². The van der Waals surface area contributed by atoms with E-state index in [2.05, 4.69) is 15.5 Å². The van der Waals surface area contributed by atoms with E-state index in [0.29, 0.717) is 12.1 Å². The molecule has 2 aliphatic rings. The monoisotopic (exact) mass is 466 g/mol. The predicted molar refractivity (Wildman–Crippen MR) is 142 cm³/mol. The van der Waals surface area contributed by atoms with Gasteiger partial charge in [-0.3, -0.25) is 14.5 Å². The van der Waals surface area contributed by atoms with E-state index in [9.17, 15) is 9.59 Å². The number of rotatable bonds is 6. The number of carbonyl (C=O) groups excluding carboxylic acids is 2. The van der Waals surface area contributed by atoms with Crippen molar-refractivity contribution >= 4 is 40.1 Å². The molecule has 2 heterocycles. The van der Waals surface area contributed by atoms with Crippen LogP contribution in [0.2, 0.25) is 0 Å². The minimum absolute atomic E-state index is 0.0962. The number of anilines is 3. The van der Waals surface area contributed by atoms with Crippen molar-refractivity contribution in [2.24, 2.45) is 0 Å². The molecule has 6 nitrogen and oxygen atoms in total. The number of likely N-dealkylation sites (tertiary alicyclic amines) is 1. The molecular weight excluding hydrogens is 436 g/mol. The van der Waals surface area contributed by atoms with Crippen LogP contribution in [0.1, 0.15) is 30.4 Å². The Morgan fingerprint density at radius 2 is 1.60 bits per heavy atom. The Bertz CT molecular complexity index is 1250. The van der Waals surface area contributed by atoms with Crippen molar-refractivity contribution in [3.8, 4) is 0 Å². The van der Waals surface area contributed by atoms with Crippen LogP contribution in [0, 0.1) is 0 Å². The van der Waals surface area contributed by atoms with Gasteiger partial charge in [0.15, 0.2) is 0 Å². The van der Waals surface area contributed by atoms with E-state index in [-0.39, 0.29) is 11.8 Å². The Kier molecular flexibility index (Phi) is 6.64. The van der Waals surface area contributed by atoms with E-state index in [0.717, 1.165) is 47.0 Å². The summed E-state index contributed by atoms with van der Waals surface area (Å²) in [6, 6.07) is 25.4. The number of hydrogen-bond donors (Lipinski definition) is 2. The molecule has 3 aromatic rings. The van der Waals surface area contributed by atoms with Gasteiger partial charge in [-0.25, -0.2) is 0 Å². The topological polar surface area (TPSA) is 64.7 Å². The first-order valence-corrected chi connectivity index (χ1v) is 12.2. The average molecular weight is 467 g/mol. The Hall–Kier alpha value is -3.90. The van der Waals surface area contributed by atoms with Gasteiger partial charge in [0.25, 0.3) is 5.91 Å². The normalized spacial score (nSPS) is 16.9. The van der Waals surface area contributed by atoms with E-state index in [1.165, 1.54) is 19.3 Å². The molecular formula is C29H30N4O2. The summed E-state index contributed by atoms with van der Waals surface area (Å²) in [6.07, 6.45) is 3.58. The maximum atomic E-state index is 13.0. The van der Waals surface area contributed by atoms with Gasteiger partial charge < -0.3 is 15.5 Å². The summed E-state index contributed by atoms with van der Waals surface area (Å²) in [4.78, 5) is 29.7. The summed E-state index contributed by atoms with van der Waals surface area (Å²) in [6.45, 7) is 2.45. The number of carbonyl (C=O) groups is 2. The van der Waals surface area contributed by atoms with E-state index < -0.39 is 0 Å². The van der Waals surface area contributed by atoms with Crippen LogP contribution in [0.4, 0.5) is 17.1 Å². The van der Waals surface area contributed by atoms with Gasteiger partial charge in [-0.2, -0.15) is 0 Å². The standard InChI is InChI=1S/C29H30N4O2/c1-32(26(34)20-33-18-8-3-9-19-33)23-16-14-22(15-17-23)30-28(21-10-4-2-5-11-21)27-24-12-6-7-13-25(24)31-29(27)35/h2,4-7,10-17,30H,3,8-9,18-20H2,1H3,(H,31,35). The lowest BCUT2D eigenvalue weighted by atomic mass is 10.00. The maximum absolute atomic E-state index is 13.0. The molecule has 1 saturated heterocycles. The fraction of sp³-hybridized carbons (Fsp3) is 0.241. The highest BCUT2D eigenvalue weighted by molar-refractivity contribution is 6.37. The first kappa shape index (κ1) is 22.9. The fourth-order valence-electron chi connectivity index (χ4n) is 4.72. The van der Waals surface area contributed by atoms with Crippen LogP contribution in [0.25, 0.3) is 11.3 Å². The fourth-order valence-corrected chi connectivity index (χ4v) is 4.72. The SMILES string of the molecule is CN(C(=O)CN1CCCCC1)c1ccc(NC(=C2C(=O)Nc3ccccc32)c2ccccc2)cc1. The van der Waals surface area contributed by atoms with E-state index in [1.807, 2.05) is 85.9 Å². The molecule has 0 unspecified atom stereocenters. The molecule has 35 heavy (non-hydrogen) atoms. The van der Waals surface area contributed by atoms with Crippen LogP contribution in [0.5, 0.6) is 0 Å². The summed E-state index contributed by atoms with van der Waals surface area (Å²) in [5.41, 5.74) is 5.66. The molecule has 2 amide bonds. The van der Waals surface area contributed by atoms with Gasteiger partial charge in [0, 0.05) is 29.7 Å². The van der Waals surface area contributed by atoms with Crippen molar-refractivity contribution in [1.29, 1.82) is 0 Å². The molecule has 178 valence electrons. The highest BCUT2D eigenvalue weighted by Gasteiger charge is 2.28. The van der Waals surface area contributed by atoms with Crippen molar-refractivity contribution in [1.82, 2.24) is 4.90 Å². The third-order valence-electron chi connectivity index (χ3n) is 6.69. The third kappa shape index (κ3) is 4.98. The number of benzene rings is 3. The lowest BCUT2D eigenvalue weighted by Crippen LogP contribution is -2.40. The summed E-state index contributed by atoms with van der Waals surface area (Å²) < 4.78 is 0. The van der Waals surface area contributed by atoms with Crippen molar-refractivity contribution < 1.29 is 9.59 Å². The highest BCUT2D eigenvalue weighted by Crippen LogP contribution is 2.37. The van der Waals surface area contributed by atoms with Gasteiger partial charge in [-0.1, -0.05) is 55.0 Å². The first-order valence-electron chi connectivity index (χ1n) is 12.2. The minimum atomic E-state index is -0.128. The third-order valence-corrected chi connectivity index (χ3v) is 6.69. The molecule has 0 spiro atoms. The van der Waals surface area contributed by atoms with E-state index in [1.54, 1.807) is 4.90 Å².